The van der Waals surface area contributed by atoms with Crippen LogP contribution in [0.4, 0.5) is 5.69 Å². The van der Waals surface area contributed by atoms with Gasteiger partial charge in [-0.25, -0.2) is 0 Å². The fraction of sp³-hybridized carbons (Fsp3) is 0.319. The summed E-state index contributed by atoms with van der Waals surface area (Å²) in [6.45, 7) is 7.70. The van der Waals surface area contributed by atoms with Gasteiger partial charge in [0.1, 0.15) is 40.7 Å². The number of ketones is 2. The Morgan fingerprint density at radius 2 is 1.65 bits per heavy atom. The highest BCUT2D eigenvalue weighted by Crippen LogP contribution is 2.47. The number of esters is 1. The van der Waals surface area contributed by atoms with Crippen molar-refractivity contribution in [2.75, 3.05) is 25.1 Å². The van der Waals surface area contributed by atoms with E-state index in [1.54, 1.807) is 31.2 Å². The predicted octanol–water partition coefficient (Wildman–Crippen LogP) is 13.1. The summed E-state index contributed by atoms with van der Waals surface area (Å²) in [5.74, 6) is 0.205. The number of rotatable bonds is 13. The molecule has 7 aromatic rings. The summed E-state index contributed by atoms with van der Waals surface area (Å²) in [4.78, 5) is 46.6. The number of H-pyrrole nitrogens is 1. The maximum Gasteiger partial charge on any atom is 0.302 e. The summed E-state index contributed by atoms with van der Waals surface area (Å²) in [5.41, 5.74) is 7.54. The van der Waals surface area contributed by atoms with Gasteiger partial charge in [-0.1, -0.05) is 92.8 Å². The van der Waals surface area contributed by atoms with E-state index >= 15 is 4.79 Å². The normalized spacial score (nSPS) is 20.7. The summed E-state index contributed by atoms with van der Waals surface area (Å²) >= 11 is 0. The Kier molecular flexibility index (Phi) is 17.4. The third-order valence-corrected chi connectivity index (χ3v) is 17.0. The van der Waals surface area contributed by atoms with Crippen LogP contribution < -0.4 is 19.7 Å². The van der Waals surface area contributed by atoms with Gasteiger partial charge in [-0.05, 0) is 143 Å². The Morgan fingerprint density at radius 3 is 2.40 bits per heavy atom. The molecule has 10 rings (SSSR count). The number of phenols is 3. The van der Waals surface area contributed by atoms with E-state index in [9.17, 15) is 30.0 Å². The van der Waals surface area contributed by atoms with Crippen LogP contribution in [0.25, 0.3) is 10.8 Å². The number of carbonyl (C=O) groups excluding carboxylic acids is 3. The molecule has 3 aliphatic rings. The molecule has 5 aromatic carbocycles. The molecule has 83 heavy (non-hydrogen) atoms. The minimum Gasteiger partial charge on any atom is -0.508 e. The maximum absolute atomic E-state index is 15.1. The monoisotopic (exact) mass is 1120 g/mol. The lowest BCUT2D eigenvalue weighted by molar-refractivity contribution is -0.148. The first-order chi connectivity index (χ1) is 40.1. The zero-order valence-corrected chi connectivity index (χ0v) is 47.8. The van der Waals surface area contributed by atoms with E-state index in [4.69, 9.17) is 14.2 Å². The van der Waals surface area contributed by atoms with Crippen molar-refractivity contribution in [3.05, 3.63) is 209 Å². The molecule has 0 saturated carbocycles. The number of aromatic hydroxyl groups is 3. The molecule has 4 bridgehead atoms. The molecule has 1 spiro atoms. The van der Waals surface area contributed by atoms with Crippen LogP contribution in [0.1, 0.15) is 123 Å². The highest BCUT2D eigenvalue weighted by molar-refractivity contribution is 5.97. The van der Waals surface area contributed by atoms with Crippen molar-refractivity contribution in [3.8, 4) is 34.5 Å². The first-order valence-electron chi connectivity index (χ1n) is 28.7. The van der Waals surface area contributed by atoms with Crippen LogP contribution in [-0.2, 0) is 38.6 Å². The number of phenolic OH excluding ortho intramolecular Hbond substituents is 3. The second-order valence-electron chi connectivity index (χ2n) is 22.5. The van der Waals surface area contributed by atoms with Crippen LogP contribution in [0.2, 0.25) is 0 Å². The topological polar surface area (TPSA) is 196 Å². The molecule has 6 N–H and O–H groups in total. The van der Waals surface area contributed by atoms with Gasteiger partial charge in [0.25, 0.3) is 0 Å². The van der Waals surface area contributed by atoms with Gasteiger partial charge < -0.3 is 54.4 Å². The van der Waals surface area contributed by atoms with Crippen LogP contribution in [-0.4, -0.2) is 73.8 Å². The molecule has 14 nitrogen and oxygen atoms in total. The number of nitrogens with one attached hydrogen (secondary N) is 2. The van der Waals surface area contributed by atoms with Crippen LogP contribution in [0.5, 0.6) is 34.5 Å². The predicted molar refractivity (Wildman–Crippen MR) is 322 cm³/mol. The molecule has 0 amide bonds. The SMILES string of the molecule is CCC(c1ccccc1)c1cc(O)cc(Oc2c(O)cc(C3CC(=O)CC(OC(C)=O)CCC4(C=CC=CC4C)Cc4c[nH]cc4CC(c4cccc(O)c4)C4=CCNC(=C4)N(CCC(C)=O)c4ccc(CO)c5cn3cc45)cc2OC)c1. The number of aliphatic hydroxyl groups excluding tert-OH is 1. The minimum absolute atomic E-state index is 0.00185. The molecule has 14 heteroatoms. The van der Waals surface area contributed by atoms with E-state index < -0.39 is 23.5 Å². The van der Waals surface area contributed by atoms with Crippen molar-refractivity contribution in [3.63, 3.8) is 0 Å². The number of dihydropyridines is 1. The first kappa shape index (κ1) is 57.5. The number of benzene rings is 5. The fourth-order valence-electron chi connectivity index (χ4n) is 12.6. The molecule has 0 saturated heterocycles. The smallest absolute Gasteiger partial charge is 0.302 e. The Labute approximate surface area is 485 Å². The zero-order chi connectivity index (χ0) is 58.4. The van der Waals surface area contributed by atoms with Gasteiger partial charge in [0, 0.05) is 92.7 Å². The van der Waals surface area contributed by atoms with Crippen LogP contribution in [0.15, 0.2) is 170 Å². The number of aromatic nitrogens is 2. The number of methoxy groups -OCH3 is 1. The van der Waals surface area contributed by atoms with Crippen molar-refractivity contribution in [2.24, 2.45) is 11.3 Å². The molecule has 0 fully saturated rings. The van der Waals surface area contributed by atoms with Gasteiger partial charge in [-0.2, -0.15) is 0 Å². The van der Waals surface area contributed by atoms with E-state index in [2.05, 4.69) is 77.9 Å². The number of aromatic amines is 1. The average Bonchev–Trinajstić information content (AvgIpc) is 4.14. The number of hydrogen-bond acceptors (Lipinski definition) is 12. The number of hydrogen-bond donors (Lipinski definition) is 6. The molecule has 6 unspecified atom stereocenters. The van der Waals surface area contributed by atoms with Crippen molar-refractivity contribution in [1.29, 1.82) is 0 Å². The highest BCUT2D eigenvalue weighted by Gasteiger charge is 2.37. The van der Waals surface area contributed by atoms with Crippen molar-refractivity contribution in [1.82, 2.24) is 14.9 Å². The van der Waals surface area contributed by atoms with Gasteiger partial charge >= 0.3 is 5.97 Å². The largest absolute Gasteiger partial charge is 0.508 e. The number of anilines is 1. The molecule has 0 radical (unpaired) electrons. The van der Waals surface area contributed by atoms with Gasteiger partial charge in [-0.15, -0.1) is 0 Å². The second-order valence-corrected chi connectivity index (χ2v) is 22.5. The van der Waals surface area contributed by atoms with E-state index in [1.165, 1.54) is 20.1 Å². The van der Waals surface area contributed by atoms with E-state index in [-0.39, 0.29) is 89.7 Å². The number of ether oxygens (including phenoxy) is 3. The summed E-state index contributed by atoms with van der Waals surface area (Å²) in [5, 5.41) is 50.2. The van der Waals surface area contributed by atoms with Crippen LogP contribution in [0.3, 0.4) is 0 Å². The van der Waals surface area contributed by atoms with Crippen LogP contribution >= 0.6 is 0 Å². The number of aliphatic hydroxyl groups is 1. The summed E-state index contributed by atoms with van der Waals surface area (Å²) in [7, 11) is 1.47. The lowest BCUT2D eigenvalue weighted by atomic mass is 9.66. The summed E-state index contributed by atoms with van der Waals surface area (Å²) in [6.07, 6.45) is 23.1. The number of Topliss-reactive ketones (excluding diaryl/α,β-unsaturated/α-hetero) is 2. The summed E-state index contributed by atoms with van der Waals surface area (Å²) < 4.78 is 20.4. The standard InChI is InChI=1S/C69H74N4O10/c1-6-59(46-14-8-7-9-15-46)50-28-55(78)35-58(29-50)83-68-65(80)31-51(32-66(68)81-5)64-36-56(79)34-57(82-45(4)76)20-24-69(23-11-10-13-43(69)2)37-53-39-70-38-52(53)30-60(47-16-12-17-54(77)27-47)48-21-25-71-67(33-48)73(26-22-44(3)75)63-19-18-49(42-74)61-40-72(64)41-62(61)63/h7-19,21,23,27-29,31-33,35,38-41,43,57,59-60,64,70-71,74,77-78,80H,6,20,22,24-26,30,34,36-37,42H2,1-5H3. The molecule has 1 aliphatic carbocycles. The first-order valence-corrected chi connectivity index (χ1v) is 28.7. The number of carbonyl (C=O) groups is 3. The Bertz CT molecular complexity index is 3650. The highest BCUT2D eigenvalue weighted by atomic mass is 16.5. The molecule has 2 aromatic heterocycles. The minimum atomic E-state index is -0.807. The van der Waals surface area contributed by atoms with Gasteiger partial charge in [0.2, 0.25) is 5.75 Å². The molecule has 430 valence electrons. The van der Waals surface area contributed by atoms with E-state index in [0.717, 1.165) is 56.7 Å². The zero-order valence-electron chi connectivity index (χ0n) is 47.8. The second kappa shape index (κ2) is 25.2. The number of nitrogens with zero attached hydrogens (tertiary/aromatic N) is 2. The van der Waals surface area contributed by atoms with Crippen molar-refractivity contribution >= 4 is 34.0 Å². The Balaban J connectivity index is 1.12. The van der Waals surface area contributed by atoms with E-state index in [0.29, 0.717) is 55.3 Å². The van der Waals surface area contributed by atoms with Crippen molar-refractivity contribution in [2.45, 2.75) is 110 Å². The van der Waals surface area contributed by atoms with E-state index in [1.807, 2.05) is 83.7 Å². The van der Waals surface area contributed by atoms with Gasteiger partial charge in [-0.3, -0.25) is 14.4 Å². The molecular formula is C69H74N4O10. The lowest BCUT2D eigenvalue weighted by Gasteiger charge is -2.38. The maximum atomic E-state index is 15.1. The quantitative estimate of drug-likeness (QED) is 0.0599. The number of allylic oxidation sites excluding steroid dienone is 6. The van der Waals surface area contributed by atoms with Gasteiger partial charge in [0.05, 0.1) is 25.4 Å². The molecule has 6 atom stereocenters. The van der Waals surface area contributed by atoms with Gasteiger partial charge in [0.15, 0.2) is 11.5 Å². The molecular weight excluding hydrogens is 1040 g/mol. The third-order valence-electron chi connectivity index (χ3n) is 17.0. The van der Waals surface area contributed by atoms with Crippen LogP contribution in [0, 0.1) is 11.3 Å². The number of fused-ring (bicyclic) bond motifs is 3. The molecule has 2 aliphatic heterocycles. The summed E-state index contributed by atoms with van der Waals surface area (Å²) in [6, 6.07) is 28.7. The lowest BCUT2D eigenvalue weighted by Crippen LogP contribution is -2.35. The Morgan fingerprint density at radius 1 is 0.843 bits per heavy atom. The Hall–Kier alpha value is -8.75. The fourth-order valence-corrected chi connectivity index (χ4v) is 12.6. The average molecular weight is 1120 g/mol. The third kappa shape index (κ3) is 12.8. The van der Waals surface area contributed by atoms with Crippen molar-refractivity contribution < 1.29 is 49.0 Å². The molecule has 4 heterocycles.